The van der Waals surface area contributed by atoms with Crippen molar-refractivity contribution in [3.63, 3.8) is 0 Å². The Kier molecular flexibility index (Phi) is 4.72. The summed E-state index contributed by atoms with van der Waals surface area (Å²) in [6.45, 7) is 11.2. The highest BCUT2D eigenvalue weighted by molar-refractivity contribution is 5.69. The standard InChI is InChI=1S/C25H29N3O2/c1-15-10-16(2)23(17(3)11-15)26-22-13-21-19-12-18(30-7)8-9-20(19)25(4,5)14-28(21)24(29)27(22)6/h8-13H,14H2,1-7H3. The molecule has 5 heteroatoms. The Morgan fingerprint density at radius 1 is 1.03 bits per heavy atom. The quantitative estimate of drug-likeness (QED) is 0.640. The monoisotopic (exact) mass is 403 g/mol. The number of methoxy groups -OCH3 is 1. The predicted octanol–water partition coefficient (Wildman–Crippen LogP) is 4.31. The molecular formula is C25H29N3O2. The first-order valence-electron chi connectivity index (χ1n) is 10.2. The fourth-order valence-corrected chi connectivity index (χ4v) is 4.56. The van der Waals surface area contributed by atoms with Crippen molar-refractivity contribution in [3.8, 4) is 17.0 Å². The molecule has 0 fully saturated rings. The van der Waals surface area contributed by atoms with Crippen molar-refractivity contribution in [2.24, 2.45) is 12.0 Å². The fourth-order valence-electron chi connectivity index (χ4n) is 4.56. The molecule has 0 spiro atoms. The van der Waals surface area contributed by atoms with Gasteiger partial charge in [-0.25, -0.2) is 9.79 Å². The fraction of sp³-hybridized carbons (Fsp3) is 0.360. The number of nitrogens with zero attached hydrogens (tertiary/aromatic N) is 3. The van der Waals surface area contributed by atoms with E-state index in [4.69, 9.17) is 9.73 Å². The van der Waals surface area contributed by atoms with E-state index in [1.165, 1.54) is 11.1 Å². The van der Waals surface area contributed by atoms with Crippen LogP contribution >= 0.6 is 0 Å². The number of rotatable bonds is 2. The third-order valence-corrected chi connectivity index (χ3v) is 6.07. The zero-order chi connectivity index (χ0) is 21.8. The zero-order valence-corrected chi connectivity index (χ0v) is 18.8. The smallest absolute Gasteiger partial charge is 0.329 e. The Morgan fingerprint density at radius 2 is 1.70 bits per heavy atom. The Labute approximate surface area is 177 Å². The van der Waals surface area contributed by atoms with Crippen molar-refractivity contribution >= 4 is 5.69 Å². The van der Waals surface area contributed by atoms with Crippen LogP contribution < -0.4 is 15.9 Å². The molecule has 0 N–H and O–H groups in total. The van der Waals surface area contributed by atoms with Gasteiger partial charge in [0, 0.05) is 30.6 Å². The van der Waals surface area contributed by atoms with Gasteiger partial charge in [-0.15, -0.1) is 0 Å². The van der Waals surface area contributed by atoms with Gasteiger partial charge < -0.3 is 4.74 Å². The molecule has 0 amide bonds. The molecule has 4 rings (SSSR count). The van der Waals surface area contributed by atoms with Crippen LogP contribution in [-0.4, -0.2) is 16.2 Å². The van der Waals surface area contributed by atoms with Crippen molar-refractivity contribution in [1.29, 1.82) is 0 Å². The lowest BCUT2D eigenvalue weighted by molar-refractivity contribution is 0.398. The maximum absolute atomic E-state index is 13.3. The molecule has 1 aliphatic rings. The second-order valence-electron chi connectivity index (χ2n) is 8.97. The molecule has 0 radical (unpaired) electrons. The molecule has 0 atom stereocenters. The highest BCUT2D eigenvalue weighted by Crippen LogP contribution is 2.40. The molecule has 0 unspecified atom stereocenters. The van der Waals surface area contributed by atoms with Crippen LogP contribution in [0.3, 0.4) is 0 Å². The van der Waals surface area contributed by atoms with E-state index >= 15 is 0 Å². The number of hydrogen-bond acceptors (Lipinski definition) is 3. The molecule has 0 saturated heterocycles. The first-order valence-corrected chi connectivity index (χ1v) is 10.2. The van der Waals surface area contributed by atoms with Crippen LogP contribution in [0.4, 0.5) is 5.69 Å². The van der Waals surface area contributed by atoms with Crippen LogP contribution in [0.15, 0.2) is 46.2 Å². The highest BCUT2D eigenvalue weighted by Gasteiger charge is 2.32. The van der Waals surface area contributed by atoms with Crippen molar-refractivity contribution < 1.29 is 4.74 Å². The maximum atomic E-state index is 13.3. The summed E-state index contributed by atoms with van der Waals surface area (Å²) >= 11 is 0. The normalized spacial score (nSPS) is 15.0. The minimum atomic E-state index is -0.159. The molecule has 5 nitrogen and oxygen atoms in total. The van der Waals surface area contributed by atoms with Gasteiger partial charge in [0.25, 0.3) is 0 Å². The largest absolute Gasteiger partial charge is 0.497 e. The van der Waals surface area contributed by atoms with Crippen molar-refractivity contribution in [3.05, 3.63) is 74.6 Å². The van der Waals surface area contributed by atoms with Gasteiger partial charge in [0.15, 0.2) is 0 Å². The summed E-state index contributed by atoms with van der Waals surface area (Å²) in [5.74, 6) is 0.780. The van der Waals surface area contributed by atoms with Crippen LogP contribution in [0, 0.1) is 20.8 Å². The zero-order valence-electron chi connectivity index (χ0n) is 18.8. The van der Waals surface area contributed by atoms with Gasteiger partial charge in [0.1, 0.15) is 11.2 Å². The third kappa shape index (κ3) is 3.18. The SMILES string of the molecule is COc1ccc2c(c1)-c1cc(=Nc3c(C)cc(C)cc3C)n(C)c(=O)n1CC2(C)C. The molecule has 30 heavy (non-hydrogen) atoms. The maximum Gasteiger partial charge on any atom is 0.329 e. The highest BCUT2D eigenvalue weighted by atomic mass is 16.5. The molecule has 0 aliphatic carbocycles. The number of hydrogen-bond donors (Lipinski definition) is 0. The molecular weight excluding hydrogens is 374 g/mol. The van der Waals surface area contributed by atoms with E-state index in [0.717, 1.165) is 33.8 Å². The lowest BCUT2D eigenvalue weighted by Crippen LogP contribution is -2.44. The summed E-state index contributed by atoms with van der Waals surface area (Å²) in [6.07, 6.45) is 0. The first-order chi connectivity index (χ1) is 14.1. The molecule has 2 heterocycles. The lowest BCUT2D eigenvalue weighted by atomic mass is 9.78. The average Bonchev–Trinajstić information content (AvgIpc) is 2.68. The Morgan fingerprint density at radius 3 is 2.33 bits per heavy atom. The molecule has 1 aromatic heterocycles. The summed E-state index contributed by atoms with van der Waals surface area (Å²) in [4.78, 5) is 18.3. The second kappa shape index (κ2) is 7.01. The molecule has 0 saturated carbocycles. The summed E-state index contributed by atoms with van der Waals surface area (Å²) in [7, 11) is 3.46. The minimum Gasteiger partial charge on any atom is -0.497 e. The number of benzene rings is 2. The van der Waals surface area contributed by atoms with Crippen molar-refractivity contribution in [1.82, 2.24) is 9.13 Å². The van der Waals surface area contributed by atoms with Gasteiger partial charge in [-0.1, -0.05) is 37.6 Å². The molecule has 156 valence electrons. The molecule has 3 aromatic rings. The van der Waals surface area contributed by atoms with Gasteiger partial charge in [0.2, 0.25) is 0 Å². The number of aryl methyl sites for hydroxylation is 3. The van der Waals surface area contributed by atoms with Crippen LogP contribution in [0.2, 0.25) is 0 Å². The van der Waals surface area contributed by atoms with E-state index in [1.54, 1.807) is 18.7 Å². The van der Waals surface area contributed by atoms with E-state index < -0.39 is 0 Å². The molecule has 0 bridgehead atoms. The van der Waals surface area contributed by atoms with Gasteiger partial charge in [-0.2, -0.15) is 0 Å². The van der Waals surface area contributed by atoms with E-state index in [-0.39, 0.29) is 11.1 Å². The number of aromatic nitrogens is 2. The summed E-state index contributed by atoms with van der Waals surface area (Å²) in [5, 5.41) is 0. The van der Waals surface area contributed by atoms with Crippen LogP contribution in [0.5, 0.6) is 5.75 Å². The predicted molar refractivity (Wildman–Crippen MR) is 121 cm³/mol. The minimum absolute atomic E-state index is 0.0600. The van der Waals surface area contributed by atoms with Gasteiger partial charge >= 0.3 is 5.69 Å². The van der Waals surface area contributed by atoms with E-state index in [9.17, 15) is 4.79 Å². The topological polar surface area (TPSA) is 48.5 Å². The summed E-state index contributed by atoms with van der Waals surface area (Å²) in [5.41, 5.74) is 7.89. The van der Waals surface area contributed by atoms with Gasteiger partial charge in [0.05, 0.1) is 18.5 Å². The first kappa shape index (κ1) is 20.2. The number of fused-ring (bicyclic) bond motifs is 3. The van der Waals surface area contributed by atoms with Gasteiger partial charge in [-0.05, 0) is 49.6 Å². The third-order valence-electron chi connectivity index (χ3n) is 6.07. The van der Waals surface area contributed by atoms with E-state index in [2.05, 4.69) is 52.8 Å². The average molecular weight is 404 g/mol. The van der Waals surface area contributed by atoms with Crippen molar-refractivity contribution in [2.45, 2.75) is 46.6 Å². The Hall–Kier alpha value is -3.08. The molecule has 1 aliphatic heterocycles. The van der Waals surface area contributed by atoms with Crippen LogP contribution in [0.1, 0.15) is 36.1 Å². The Balaban J connectivity index is 2.04. The van der Waals surface area contributed by atoms with Crippen molar-refractivity contribution in [2.75, 3.05) is 7.11 Å². The summed E-state index contributed by atoms with van der Waals surface area (Å²) in [6, 6.07) is 12.4. The second-order valence-corrected chi connectivity index (χ2v) is 8.97. The summed E-state index contributed by atoms with van der Waals surface area (Å²) < 4.78 is 8.97. The Bertz CT molecular complexity index is 1270. The number of ether oxygens (including phenoxy) is 1. The molecule has 2 aromatic carbocycles. The van der Waals surface area contributed by atoms with E-state index in [1.807, 2.05) is 22.8 Å². The van der Waals surface area contributed by atoms with Crippen LogP contribution in [0.25, 0.3) is 11.3 Å². The van der Waals surface area contributed by atoms with Gasteiger partial charge in [-0.3, -0.25) is 9.13 Å². The lowest BCUT2D eigenvalue weighted by Gasteiger charge is -2.35. The van der Waals surface area contributed by atoms with Crippen LogP contribution in [-0.2, 0) is 19.0 Å². The van der Waals surface area contributed by atoms with E-state index in [0.29, 0.717) is 12.0 Å².